The van der Waals surface area contributed by atoms with E-state index in [2.05, 4.69) is 15.6 Å². The average Bonchev–Trinajstić information content (AvgIpc) is 3.16. The molecule has 0 saturated carbocycles. The summed E-state index contributed by atoms with van der Waals surface area (Å²) in [5, 5.41) is 7.39. The smallest absolute Gasteiger partial charge is 0.270 e. The van der Waals surface area contributed by atoms with Crippen LogP contribution in [0.1, 0.15) is 27.8 Å². The third kappa shape index (κ3) is 3.85. The largest absolute Gasteiger partial charge is 0.364 e. The average molecular weight is 417 g/mol. The number of carbonyl (C=O) groups excluding carboxylic acids is 2. The number of benzene rings is 2. The van der Waals surface area contributed by atoms with Crippen LogP contribution in [0.3, 0.4) is 0 Å². The first-order valence-electron chi connectivity index (χ1n) is 9.38. The molecule has 0 spiro atoms. The zero-order chi connectivity index (χ0) is 21.1. The van der Waals surface area contributed by atoms with Gasteiger partial charge in [-0.15, -0.1) is 0 Å². The number of amides is 2. The summed E-state index contributed by atoms with van der Waals surface area (Å²) in [5.74, 6) is -1.06. The number of pyridine rings is 1. The number of carbonyl (C=O) groups is 2. The second-order valence-electron chi connectivity index (χ2n) is 6.48. The Morgan fingerprint density at radius 2 is 1.77 bits per heavy atom. The first-order valence-corrected chi connectivity index (χ1v) is 10.2. The van der Waals surface area contributed by atoms with Crippen molar-refractivity contribution in [2.24, 2.45) is 5.73 Å². The fraction of sp³-hybridized carbons (Fsp3) is 0.0909. The van der Waals surface area contributed by atoms with Gasteiger partial charge in [0.1, 0.15) is 5.00 Å². The number of thiazole rings is 1. The van der Waals surface area contributed by atoms with E-state index in [1.807, 2.05) is 61.5 Å². The van der Waals surface area contributed by atoms with Gasteiger partial charge in [0.25, 0.3) is 11.8 Å². The van der Waals surface area contributed by atoms with Gasteiger partial charge in [-0.05, 0) is 19.1 Å². The van der Waals surface area contributed by atoms with Crippen LogP contribution in [0.4, 0.5) is 10.1 Å². The Kier molecular flexibility index (Phi) is 5.40. The summed E-state index contributed by atoms with van der Waals surface area (Å²) in [5.41, 5.74) is 8.23. The Labute approximate surface area is 177 Å². The lowest BCUT2D eigenvalue weighted by atomic mass is 10.0. The first-order chi connectivity index (χ1) is 14.6. The van der Waals surface area contributed by atoms with Crippen LogP contribution in [0.5, 0.6) is 0 Å². The lowest BCUT2D eigenvalue weighted by Crippen LogP contribution is -2.18. The molecule has 2 aromatic carbocycles. The maximum Gasteiger partial charge on any atom is 0.270 e. The van der Waals surface area contributed by atoms with Crippen molar-refractivity contribution in [2.45, 2.75) is 6.92 Å². The highest BCUT2D eigenvalue weighted by molar-refractivity contribution is 7.20. The SMILES string of the molecule is CCNc1nc(C(N)=O)c(NC(=O)c2cc(-c3ccccc3)nc3ccccc23)s1. The van der Waals surface area contributed by atoms with E-state index in [1.54, 1.807) is 6.07 Å². The third-order valence-electron chi connectivity index (χ3n) is 4.45. The van der Waals surface area contributed by atoms with E-state index < -0.39 is 5.91 Å². The summed E-state index contributed by atoms with van der Waals surface area (Å²) in [4.78, 5) is 33.9. The molecule has 0 fully saturated rings. The third-order valence-corrected chi connectivity index (χ3v) is 5.37. The standard InChI is InChI=1S/C22H19N5O2S/c1-2-24-22-26-18(19(23)28)21(30-22)27-20(29)15-12-17(13-8-4-3-5-9-13)25-16-11-7-6-10-14(15)16/h3-12H,2H2,1H3,(H2,23,28)(H,24,26)(H,27,29). The van der Waals surface area contributed by atoms with E-state index in [0.717, 1.165) is 5.56 Å². The van der Waals surface area contributed by atoms with Gasteiger partial charge in [-0.25, -0.2) is 9.97 Å². The Morgan fingerprint density at radius 3 is 2.50 bits per heavy atom. The van der Waals surface area contributed by atoms with Crippen molar-refractivity contribution in [3.05, 3.63) is 71.9 Å². The molecule has 4 aromatic rings. The summed E-state index contributed by atoms with van der Waals surface area (Å²) < 4.78 is 0. The summed E-state index contributed by atoms with van der Waals surface area (Å²) in [6, 6.07) is 18.8. The predicted octanol–water partition coefficient (Wildman–Crippen LogP) is 4.14. The summed E-state index contributed by atoms with van der Waals surface area (Å²) in [6.07, 6.45) is 0. The van der Waals surface area contributed by atoms with Crippen LogP contribution in [-0.4, -0.2) is 28.3 Å². The van der Waals surface area contributed by atoms with Gasteiger partial charge in [-0.3, -0.25) is 9.59 Å². The minimum Gasteiger partial charge on any atom is -0.364 e. The maximum absolute atomic E-state index is 13.2. The van der Waals surface area contributed by atoms with Crippen LogP contribution in [0.15, 0.2) is 60.7 Å². The second-order valence-corrected chi connectivity index (χ2v) is 7.48. The normalized spacial score (nSPS) is 10.7. The number of nitrogens with two attached hydrogens (primary N) is 1. The molecule has 30 heavy (non-hydrogen) atoms. The van der Waals surface area contributed by atoms with E-state index >= 15 is 0 Å². The Hall–Kier alpha value is -3.78. The second kappa shape index (κ2) is 8.30. The number of hydrogen-bond acceptors (Lipinski definition) is 6. The molecule has 4 rings (SSSR count). The molecular formula is C22H19N5O2S. The fourth-order valence-corrected chi connectivity index (χ4v) is 4.02. The summed E-state index contributed by atoms with van der Waals surface area (Å²) in [6.45, 7) is 2.55. The maximum atomic E-state index is 13.2. The van der Waals surface area contributed by atoms with Gasteiger partial charge in [0, 0.05) is 17.5 Å². The van der Waals surface area contributed by atoms with Gasteiger partial charge in [-0.2, -0.15) is 0 Å². The van der Waals surface area contributed by atoms with Gasteiger partial charge >= 0.3 is 0 Å². The van der Waals surface area contributed by atoms with Crippen molar-refractivity contribution in [3.8, 4) is 11.3 Å². The van der Waals surface area contributed by atoms with Crippen molar-refractivity contribution < 1.29 is 9.59 Å². The van der Waals surface area contributed by atoms with Crippen LogP contribution in [-0.2, 0) is 0 Å². The molecule has 2 amide bonds. The predicted molar refractivity (Wildman–Crippen MR) is 120 cm³/mol. The number of para-hydroxylation sites is 1. The minimum atomic E-state index is -0.699. The molecule has 0 atom stereocenters. The number of rotatable bonds is 6. The van der Waals surface area contributed by atoms with Crippen molar-refractivity contribution in [1.82, 2.24) is 9.97 Å². The van der Waals surface area contributed by atoms with Crippen LogP contribution in [0.25, 0.3) is 22.2 Å². The van der Waals surface area contributed by atoms with Crippen LogP contribution < -0.4 is 16.4 Å². The first kappa shape index (κ1) is 19.5. The Bertz CT molecular complexity index is 1240. The molecule has 0 aliphatic carbocycles. The Balaban J connectivity index is 1.78. The van der Waals surface area contributed by atoms with Crippen molar-refractivity contribution in [3.63, 3.8) is 0 Å². The zero-order valence-corrected chi connectivity index (χ0v) is 17.0. The lowest BCUT2D eigenvalue weighted by Gasteiger charge is -2.10. The molecule has 8 heteroatoms. The molecule has 0 aliphatic rings. The van der Waals surface area contributed by atoms with Gasteiger partial charge < -0.3 is 16.4 Å². The van der Waals surface area contributed by atoms with Gasteiger partial charge in [0.2, 0.25) is 0 Å². The molecule has 2 heterocycles. The van der Waals surface area contributed by atoms with Gasteiger partial charge in [-0.1, -0.05) is 59.9 Å². The van der Waals surface area contributed by atoms with Crippen molar-refractivity contribution in [1.29, 1.82) is 0 Å². The highest BCUT2D eigenvalue weighted by atomic mass is 32.1. The van der Waals surface area contributed by atoms with E-state index in [1.165, 1.54) is 11.3 Å². The number of aromatic nitrogens is 2. The highest BCUT2D eigenvalue weighted by Crippen LogP contribution is 2.30. The van der Waals surface area contributed by atoms with Crippen LogP contribution >= 0.6 is 11.3 Å². The minimum absolute atomic E-state index is 0.0333. The van der Waals surface area contributed by atoms with E-state index in [9.17, 15) is 9.59 Å². The van der Waals surface area contributed by atoms with E-state index in [-0.39, 0.29) is 11.6 Å². The van der Waals surface area contributed by atoms with E-state index in [4.69, 9.17) is 10.7 Å². The molecule has 0 aliphatic heterocycles. The molecule has 2 aromatic heterocycles. The molecule has 0 unspecified atom stereocenters. The molecule has 4 N–H and O–H groups in total. The number of nitrogens with zero attached hydrogens (tertiary/aromatic N) is 2. The summed E-state index contributed by atoms with van der Waals surface area (Å²) >= 11 is 1.17. The topological polar surface area (TPSA) is 110 Å². The summed E-state index contributed by atoms with van der Waals surface area (Å²) in [7, 11) is 0. The fourth-order valence-electron chi connectivity index (χ4n) is 3.09. The molecule has 0 saturated heterocycles. The van der Waals surface area contributed by atoms with Crippen molar-refractivity contribution >= 4 is 44.2 Å². The monoisotopic (exact) mass is 417 g/mol. The molecular weight excluding hydrogens is 398 g/mol. The number of nitrogens with one attached hydrogen (secondary N) is 2. The molecule has 150 valence electrons. The van der Waals surface area contributed by atoms with Crippen LogP contribution in [0.2, 0.25) is 0 Å². The molecule has 7 nitrogen and oxygen atoms in total. The highest BCUT2D eigenvalue weighted by Gasteiger charge is 2.20. The Morgan fingerprint density at radius 1 is 1.03 bits per heavy atom. The lowest BCUT2D eigenvalue weighted by molar-refractivity contribution is 0.0997. The molecule has 0 radical (unpaired) electrons. The van der Waals surface area contributed by atoms with Gasteiger partial charge in [0.15, 0.2) is 10.8 Å². The molecule has 0 bridgehead atoms. The van der Waals surface area contributed by atoms with Gasteiger partial charge in [0.05, 0.1) is 16.8 Å². The zero-order valence-electron chi connectivity index (χ0n) is 16.2. The number of anilines is 2. The number of fused-ring (bicyclic) bond motifs is 1. The van der Waals surface area contributed by atoms with Crippen LogP contribution in [0, 0.1) is 0 Å². The van der Waals surface area contributed by atoms with Crippen molar-refractivity contribution in [2.75, 3.05) is 17.2 Å². The quantitative estimate of drug-likeness (QED) is 0.437. The number of hydrogen-bond donors (Lipinski definition) is 3. The van der Waals surface area contributed by atoms with E-state index in [0.29, 0.717) is 38.8 Å². The number of primary amides is 1.